The highest BCUT2D eigenvalue weighted by Crippen LogP contribution is 2.33. The summed E-state index contributed by atoms with van der Waals surface area (Å²) in [5.41, 5.74) is 0.968. The molecule has 5 heteroatoms. The van der Waals surface area contributed by atoms with Crippen molar-refractivity contribution in [2.24, 2.45) is 5.92 Å². The average molecular weight is 297 g/mol. The number of nitrogens with zero attached hydrogens (tertiary/aromatic N) is 1. The number of aliphatic carboxylic acids is 1. The quantitative estimate of drug-likeness (QED) is 0.786. The number of fused-ring (bicyclic) bond motifs is 1. The molecule has 1 N–H and O–H groups in total. The van der Waals surface area contributed by atoms with E-state index in [1.807, 2.05) is 16.3 Å². The first-order valence-corrected chi connectivity index (χ1v) is 8.08. The van der Waals surface area contributed by atoms with Crippen molar-refractivity contribution in [3.63, 3.8) is 0 Å². The Kier molecular flexibility index (Phi) is 5.57. The Morgan fingerprint density at radius 1 is 1.55 bits per heavy atom. The van der Waals surface area contributed by atoms with Crippen molar-refractivity contribution in [1.29, 1.82) is 0 Å². The molecule has 0 radical (unpaired) electrons. The molecule has 1 aliphatic rings. The third kappa shape index (κ3) is 3.81. The van der Waals surface area contributed by atoms with E-state index < -0.39 is 12.0 Å². The van der Waals surface area contributed by atoms with Gasteiger partial charge >= 0.3 is 5.97 Å². The van der Waals surface area contributed by atoms with Crippen LogP contribution in [0.4, 0.5) is 0 Å². The van der Waals surface area contributed by atoms with Crippen molar-refractivity contribution >= 4 is 17.3 Å². The Hall–Kier alpha value is -0.910. The van der Waals surface area contributed by atoms with Gasteiger partial charge in [0.25, 0.3) is 0 Å². The molecule has 0 amide bonds. The molecule has 0 saturated heterocycles. The van der Waals surface area contributed by atoms with Crippen LogP contribution in [0, 0.1) is 5.92 Å². The Morgan fingerprint density at radius 3 is 3.05 bits per heavy atom. The molecule has 0 fully saturated rings. The van der Waals surface area contributed by atoms with E-state index in [-0.39, 0.29) is 0 Å². The van der Waals surface area contributed by atoms with Gasteiger partial charge in [-0.2, -0.15) is 0 Å². The van der Waals surface area contributed by atoms with Crippen LogP contribution in [-0.2, 0) is 16.0 Å². The molecule has 0 aliphatic carbocycles. The Labute approximate surface area is 124 Å². The fourth-order valence-corrected chi connectivity index (χ4v) is 3.41. The van der Waals surface area contributed by atoms with Crippen LogP contribution in [0.3, 0.4) is 0 Å². The SMILES string of the molecule is CC(C)CCOCCN1CCc2sccc2C1C(=O)O. The fourth-order valence-electron chi connectivity index (χ4n) is 2.50. The molecular formula is C15H23NO3S. The minimum Gasteiger partial charge on any atom is -0.480 e. The second-order valence-electron chi connectivity index (χ2n) is 5.62. The number of rotatable bonds is 7. The van der Waals surface area contributed by atoms with Gasteiger partial charge in [0.05, 0.1) is 6.61 Å². The molecule has 112 valence electrons. The normalized spacial score (nSPS) is 19.2. The van der Waals surface area contributed by atoms with E-state index in [9.17, 15) is 9.90 Å². The molecule has 1 aromatic heterocycles. The van der Waals surface area contributed by atoms with E-state index >= 15 is 0 Å². The standard InChI is InChI=1S/C15H23NO3S/c1-11(2)4-8-19-9-7-16-6-3-13-12(5-10-20-13)14(16)15(17)18/h5,10-11,14H,3-4,6-9H2,1-2H3,(H,17,18). The van der Waals surface area contributed by atoms with Gasteiger partial charge in [-0.1, -0.05) is 13.8 Å². The average Bonchev–Trinajstić information content (AvgIpc) is 2.85. The zero-order valence-electron chi connectivity index (χ0n) is 12.2. The molecule has 0 spiro atoms. The molecule has 2 rings (SSSR count). The second kappa shape index (κ2) is 7.20. The summed E-state index contributed by atoms with van der Waals surface area (Å²) in [5, 5.41) is 11.5. The zero-order chi connectivity index (χ0) is 14.5. The fraction of sp³-hybridized carbons (Fsp3) is 0.667. The lowest BCUT2D eigenvalue weighted by atomic mass is 10.0. The maximum absolute atomic E-state index is 11.5. The van der Waals surface area contributed by atoms with E-state index in [2.05, 4.69) is 13.8 Å². The molecule has 1 unspecified atom stereocenters. The largest absolute Gasteiger partial charge is 0.480 e. The van der Waals surface area contributed by atoms with Gasteiger partial charge < -0.3 is 9.84 Å². The van der Waals surface area contributed by atoms with Gasteiger partial charge in [-0.25, -0.2) is 0 Å². The highest BCUT2D eigenvalue weighted by molar-refractivity contribution is 7.10. The second-order valence-corrected chi connectivity index (χ2v) is 6.62. The molecule has 1 aromatic rings. The topological polar surface area (TPSA) is 49.8 Å². The summed E-state index contributed by atoms with van der Waals surface area (Å²) in [6.07, 6.45) is 2.00. The summed E-state index contributed by atoms with van der Waals surface area (Å²) >= 11 is 1.66. The summed E-state index contributed by atoms with van der Waals surface area (Å²) < 4.78 is 5.61. The first-order valence-electron chi connectivity index (χ1n) is 7.20. The number of thiophene rings is 1. The van der Waals surface area contributed by atoms with Crippen molar-refractivity contribution in [2.45, 2.75) is 32.7 Å². The van der Waals surface area contributed by atoms with Crippen LogP contribution in [0.25, 0.3) is 0 Å². The molecule has 4 nitrogen and oxygen atoms in total. The van der Waals surface area contributed by atoms with Crippen LogP contribution in [0.1, 0.15) is 36.8 Å². The summed E-state index contributed by atoms with van der Waals surface area (Å²) in [7, 11) is 0. The van der Waals surface area contributed by atoms with Crippen molar-refractivity contribution in [3.05, 3.63) is 21.9 Å². The molecule has 0 saturated carbocycles. The molecule has 2 heterocycles. The van der Waals surface area contributed by atoms with E-state index in [1.54, 1.807) is 11.3 Å². The van der Waals surface area contributed by atoms with Crippen molar-refractivity contribution in [3.8, 4) is 0 Å². The van der Waals surface area contributed by atoms with Gasteiger partial charge in [0.15, 0.2) is 0 Å². The third-order valence-corrected chi connectivity index (χ3v) is 4.66. The van der Waals surface area contributed by atoms with Crippen LogP contribution < -0.4 is 0 Å². The van der Waals surface area contributed by atoms with Crippen molar-refractivity contribution < 1.29 is 14.6 Å². The van der Waals surface area contributed by atoms with E-state index in [1.165, 1.54) is 4.88 Å². The van der Waals surface area contributed by atoms with E-state index in [4.69, 9.17) is 4.74 Å². The number of hydrogen-bond donors (Lipinski definition) is 1. The third-order valence-electron chi connectivity index (χ3n) is 3.66. The first-order chi connectivity index (χ1) is 9.59. The van der Waals surface area contributed by atoms with Crippen molar-refractivity contribution in [1.82, 2.24) is 4.90 Å². The monoisotopic (exact) mass is 297 g/mol. The lowest BCUT2D eigenvalue weighted by molar-refractivity contribution is -0.144. The van der Waals surface area contributed by atoms with Gasteiger partial charge in [-0.3, -0.25) is 9.69 Å². The lowest BCUT2D eigenvalue weighted by Crippen LogP contribution is -2.40. The molecule has 0 aromatic carbocycles. The highest BCUT2D eigenvalue weighted by atomic mass is 32.1. The maximum atomic E-state index is 11.5. The summed E-state index contributed by atoms with van der Waals surface area (Å²) in [6, 6.07) is 1.45. The molecule has 0 bridgehead atoms. The summed E-state index contributed by atoms with van der Waals surface area (Å²) in [6.45, 7) is 7.20. The number of ether oxygens (including phenoxy) is 1. The minimum absolute atomic E-state index is 0.501. The number of hydrogen-bond acceptors (Lipinski definition) is 4. The number of carbonyl (C=O) groups is 1. The smallest absolute Gasteiger partial charge is 0.325 e. The minimum atomic E-state index is -0.758. The lowest BCUT2D eigenvalue weighted by Gasteiger charge is -2.32. The van der Waals surface area contributed by atoms with Crippen LogP contribution in [0.15, 0.2) is 11.4 Å². The number of carboxylic acids is 1. The van der Waals surface area contributed by atoms with Gasteiger partial charge in [-0.05, 0) is 35.8 Å². The Morgan fingerprint density at radius 2 is 2.35 bits per heavy atom. The maximum Gasteiger partial charge on any atom is 0.325 e. The van der Waals surface area contributed by atoms with Crippen LogP contribution in [0.2, 0.25) is 0 Å². The van der Waals surface area contributed by atoms with Gasteiger partial charge in [-0.15, -0.1) is 11.3 Å². The van der Waals surface area contributed by atoms with Gasteiger partial charge in [0.1, 0.15) is 6.04 Å². The van der Waals surface area contributed by atoms with E-state index in [0.29, 0.717) is 19.1 Å². The van der Waals surface area contributed by atoms with Crippen LogP contribution in [-0.4, -0.2) is 42.3 Å². The number of carboxylic acid groups (broad SMARTS) is 1. The summed E-state index contributed by atoms with van der Waals surface area (Å²) in [5.74, 6) is -0.114. The predicted molar refractivity (Wildman–Crippen MR) is 80.2 cm³/mol. The van der Waals surface area contributed by atoms with Crippen molar-refractivity contribution in [2.75, 3.05) is 26.3 Å². The zero-order valence-corrected chi connectivity index (χ0v) is 13.0. The molecular weight excluding hydrogens is 274 g/mol. The van der Waals surface area contributed by atoms with E-state index in [0.717, 1.165) is 31.6 Å². The highest BCUT2D eigenvalue weighted by Gasteiger charge is 2.33. The van der Waals surface area contributed by atoms with Crippen LogP contribution >= 0.6 is 11.3 Å². The molecule has 1 aliphatic heterocycles. The van der Waals surface area contributed by atoms with Gasteiger partial charge in [0.2, 0.25) is 0 Å². The molecule has 20 heavy (non-hydrogen) atoms. The molecule has 1 atom stereocenters. The van der Waals surface area contributed by atoms with Gasteiger partial charge in [0, 0.05) is 24.6 Å². The summed E-state index contributed by atoms with van der Waals surface area (Å²) in [4.78, 5) is 14.8. The Bertz CT molecular complexity index is 444. The first kappa shape index (κ1) is 15.5. The predicted octanol–water partition coefficient (Wildman–Crippen LogP) is 2.79. The Balaban J connectivity index is 1.87. The van der Waals surface area contributed by atoms with Crippen LogP contribution in [0.5, 0.6) is 0 Å².